The number of anilines is 1. The summed E-state index contributed by atoms with van der Waals surface area (Å²) in [6.45, 7) is 6.73. The predicted octanol–water partition coefficient (Wildman–Crippen LogP) is 3.13. The minimum absolute atomic E-state index is 0.0502. The Morgan fingerprint density at radius 3 is 2.71 bits per heavy atom. The highest BCUT2D eigenvalue weighted by molar-refractivity contribution is 6.02. The predicted molar refractivity (Wildman–Crippen MR) is 111 cm³/mol. The number of β-lactam (4-membered cyclic amide) rings is 1. The molecule has 1 spiro atoms. The number of hydrogen-bond donors (Lipinski definition) is 1. The Hall–Kier alpha value is -2.04. The Kier molecular flexibility index (Phi) is 5.35. The fourth-order valence-corrected chi connectivity index (χ4v) is 5.52. The maximum Gasteiger partial charge on any atom is 0.243 e. The van der Waals surface area contributed by atoms with E-state index in [2.05, 4.69) is 34.5 Å². The number of rotatable bonds is 6. The van der Waals surface area contributed by atoms with Crippen molar-refractivity contribution in [1.29, 1.82) is 0 Å². The quantitative estimate of drug-likeness (QED) is 0.607. The lowest BCUT2D eigenvalue weighted by molar-refractivity contribution is -0.181. The number of fused-ring (bicyclic) bond motifs is 1. The lowest BCUT2D eigenvalue weighted by atomic mass is 9.68. The van der Waals surface area contributed by atoms with E-state index >= 15 is 0 Å². The van der Waals surface area contributed by atoms with Crippen LogP contribution in [0, 0.1) is 5.41 Å². The molecular weight excluding hydrogens is 350 g/mol. The second-order valence-electron chi connectivity index (χ2n) is 8.94. The van der Waals surface area contributed by atoms with E-state index in [1.54, 1.807) is 0 Å². The van der Waals surface area contributed by atoms with Crippen molar-refractivity contribution in [2.75, 3.05) is 24.5 Å². The third kappa shape index (κ3) is 3.19. The van der Waals surface area contributed by atoms with Crippen molar-refractivity contribution in [2.24, 2.45) is 5.41 Å². The molecule has 1 aliphatic carbocycles. The Bertz CT molecular complexity index is 739. The number of carbonyl (C=O) groups is 2. The number of likely N-dealkylation sites (tertiary alicyclic amines) is 1. The number of carbonyl (C=O) groups excluding carboxylic acids is 2. The van der Waals surface area contributed by atoms with Gasteiger partial charge in [0, 0.05) is 31.4 Å². The number of amides is 2. The number of benzene rings is 1. The van der Waals surface area contributed by atoms with E-state index in [0.717, 1.165) is 51.6 Å². The van der Waals surface area contributed by atoms with Gasteiger partial charge in [0.25, 0.3) is 0 Å². The minimum atomic E-state index is -0.403. The molecule has 5 heteroatoms. The maximum absolute atomic E-state index is 13.0. The second kappa shape index (κ2) is 7.76. The molecule has 1 saturated carbocycles. The van der Waals surface area contributed by atoms with Crippen LogP contribution in [0.4, 0.5) is 5.69 Å². The molecule has 1 aromatic carbocycles. The summed E-state index contributed by atoms with van der Waals surface area (Å²) in [6, 6.07) is 8.46. The summed E-state index contributed by atoms with van der Waals surface area (Å²) in [6.07, 6.45) is 7.15. The number of aryl methyl sites for hydroxylation is 1. The van der Waals surface area contributed by atoms with E-state index in [9.17, 15) is 9.59 Å². The van der Waals surface area contributed by atoms with Gasteiger partial charge in [0.15, 0.2) is 0 Å². The lowest BCUT2D eigenvalue weighted by Crippen LogP contribution is -2.74. The molecule has 152 valence electrons. The van der Waals surface area contributed by atoms with Crippen molar-refractivity contribution in [3.05, 3.63) is 29.8 Å². The summed E-state index contributed by atoms with van der Waals surface area (Å²) in [7, 11) is 0. The molecule has 28 heavy (non-hydrogen) atoms. The van der Waals surface area contributed by atoms with Crippen LogP contribution in [0.5, 0.6) is 0 Å². The second-order valence-corrected chi connectivity index (χ2v) is 8.94. The number of nitrogens with one attached hydrogen (secondary N) is 1. The van der Waals surface area contributed by atoms with E-state index in [4.69, 9.17) is 0 Å². The Morgan fingerprint density at radius 1 is 1.21 bits per heavy atom. The highest BCUT2D eigenvalue weighted by Crippen LogP contribution is 2.52. The summed E-state index contributed by atoms with van der Waals surface area (Å²) in [5, 5.41) is 3.15. The molecule has 1 saturated heterocycles. The summed E-state index contributed by atoms with van der Waals surface area (Å²) in [4.78, 5) is 30.0. The standard InChI is InChI=1S/C23H33N3O2/c1-17(2)26-20(23(22(26)28)12-5-6-13-23)21(27)24-14-8-16-25-15-7-10-18-9-3-4-11-19(18)25/h3-4,9,11,17,20H,5-8,10,12-16H2,1-2H3,(H,24,27). The molecule has 5 nitrogen and oxygen atoms in total. The van der Waals surface area contributed by atoms with Gasteiger partial charge in [-0.05, 0) is 57.6 Å². The fourth-order valence-electron chi connectivity index (χ4n) is 5.52. The van der Waals surface area contributed by atoms with Crippen LogP contribution >= 0.6 is 0 Å². The highest BCUT2D eigenvalue weighted by Gasteiger charge is 2.64. The van der Waals surface area contributed by atoms with Gasteiger partial charge in [-0.3, -0.25) is 9.59 Å². The van der Waals surface area contributed by atoms with Gasteiger partial charge in [0.05, 0.1) is 5.41 Å². The number of para-hydroxylation sites is 1. The maximum atomic E-state index is 13.0. The van der Waals surface area contributed by atoms with Crippen molar-refractivity contribution < 1.29 is 9.59 Å². The van der Waals surface area contributed by atoms with Crippen LogP contribution in [0.15, 0.2) is 24.3 Å². The average Bonchev–Trinajstić information content (AvgIpc) is 3.21. The zero-order valence-corrected chi connectivity index (χ0v) is 17.2. The fraction of sp³-hybridized carbons (Fsp3) is 0.652. The minimum Gasteiger partial charge on any atom is -0.371 e. The molecule has 1 unspecified atom stereocenters. The normalized spacial score (nSPS) is 23.1. The SMILES string of the molecule is CC(C)N1C(=O)C2(CCCC2)C1C(=O)NCCCN1CCCc2ccccc21. The van der Waals surface area contributed by atoms with E-state index < -0.39 is 5.41 Å². The van der Waals surface area contributed by atoms with Gasteiger partial charge in [-0.25, -0.2) is 0 Å². The Balaban J connectivity index is 1.32. The lowest BCUT2D eigenvalue weighted by Gasteiger charge is -2.55. The first kappa shape index (κ1) is 19.3. The molecule has 1 atom stereocenters. The molecule has 2 amide bonds. The summed E-state index contributed by atoms with van der Waals surface area (Å²) < 4.78 is 0. The first-order valence-electron chi connectivity index (χ1n) is 11.0. The molecule has 2 fully saturated rings. The third-order valence-electron chi connectivity index (χ3n) is 6.87. The van der Waals surface area contributed by atoms with Crippen molar-refractivity contribution in [3.8, 4) is 0 Å². The van der Waals surface area contributed by atoms with Crippen LogP contribution in [0.25, 0.3) is 0 Å². The summed E-state index contributed by atoms with van der Waals surface area (Å²) in [5.74, 6) is 0.249. The topological polar surface area (TPSA) is 52.7 Å². The molecular formula is C23H33N3O2. The van der Waals surface area contributed by atoms with Crippen molar-refractivity contribution >= 4 is 17.5 Å². The molecule has 1 aromatic rings. The molecule has 0 aromatic heterocycles. The average molecular weight is 384 g/mol. The van der Waals surface area contributed by atoms with Crippen LogP contribution < -0.4 is 10.2 Å². The van der Waals surface area contributed by atoms with Gasteiger partial charge < -0.3 is 15.1 Å². The van der Waals surface area contributed by atoms with Gasteiger partial charge in [-0.1, -0.05) is 31.0 Å². The Morgan fingerprint density at radius 2 is 1.96 bits per heavy atom. The zero-order valence-electron chi connectivity index (χ0n) is 17.2. The molecule has 4 rings (SSSR count). The van der Waals surface area contributed by atoms with Crippen LogP contribution in [-0.4, -0.2) is 48.4 Å². The number of nitrogens with zero attached hydrogens (tertiary/aromatic N) is 2. The van der Waals surface area contributed by atoms with Gasteiger partial charge >= 0.3 is 0 Å². The van der Waals surface area contributed by atoms with Gasteiger partial charge in [0.2, 0.25) is 11.8 Å². The molecule has 2 heterocycles. The molecule has 3 aliphatic rings. The molecule has 2 aliphatic heterocycles. The van der Waals surface area contributed by atoms with E-state index in [0.29, 0.717) is 6.54 Å². The summed E-state index contributed by atoms with van der Waals surface area (Å²) >= 11 is 0. The van der Waals surface area contributed by atoms with Crippen molar-refractivity contribution in [3.63, 3.8) is 0 Å². The molecule has 0 bridgehead atoms. The van der Waals surface area contributed by atoms with Gasteiger partial charge in [-0.15, -0.1) is 0 Å². The van der Waals surface area contributed by atoms with E-state index in [-0.39, 0.29) is 23.9 Å². The van der Waals surface area contributed by atoms with Crippen LogP contribution in [-0.2, 0) is 16.0 Å². The highest BCUT2D eigenvalue weighted by atomic mass is 16.2. The zero-order chi connectivity index (χ0) is 19.7. The first-order valence-corrected chi connectivity index (χ1v) is 11.0. The van der Waals surface area contributed by atoms with E-state index in [1.165, 1.54) is 17.7 Å². The Labute approximate surface area is 168 Å². The van der Waals surface area contributed by atoms with Crippen molar-refractivity contribution in [1.82, 2.24) is 10.2 Å². The largest absolute Gasteiger partial charge is 0.371 e. The van der Waals surface area contributed by atoms with E-state index in [1.807, 2.05) is 18.7 Å². The smallest absolute Gasteiger partial charge is 0.243 e. The van der Waals surface area contributed by atoms with Crippen LogP contribution in [0.1, 0.15) is 57.9 Å². The first-order chi connectivity index (χ1) is 13.5. The molecule has 1 N–H and O–H groups in total. The third-order valence-corrected chi connectivity index (χ3v) is 6.87. The van der Waals surface area contributed by atoms with Gasteiger partial charge in [0.1, 0.15) is 6.04 Å². The monoisotopic (exact) mass is 383 g/mol. The number of hydrogen-bond acceptors (Lipinski definition) is 3. The van der Waals surface area contributed by atoms with Crippen molar-refractivity contribution in [2.45, 2.75) is 70.9 Å². The molecule has 0 radical (unpaired) electrons. The van der Waals surface area contributed by atoms with Crippen LogP contribution in [0.2, 0.25) is 0 Å². The van der Waals surface area contributed by atoms with Gasteiger partial charge in [-0.2, -0.15) is 0 Å². The summed E-state index contributed by atoms with van der Waals surface area (Å²) in [5.41, 5.74) is 2.38. The van der Waals surface area contributed by atoms with Crippen LogP contribution in [0.3, 0.4) is 0 Å².